The third-order valence-corrected chi connectivity index (χ3v) is 2.72. The second-order valence-electron chi connectivity index (χ2n) is 3.70. The van der Waals surface area contributed by atoms with Crippen LogP contribution in [-0.2, 0) is 4.79 Å². The van der Waals surface area contributed by atoms with Gasteiger partial charge < -0.3 is 15.1 Å². The Hall–Kier alpha value is -0.610. The fourth-order valence-corrected chi connectivity index (χ4v) is 1.70. The molecule has 1 heterocycles. The molecule has 0 spiro atoms. The smallest absolute Gasteiger partial charge is 0.219 e. The molecule has 0 aromatic rings. The Morgan fingerprint density at radius 3 is 2.38 bits per heavy atom. The Morgan fingerprint density at radius 1 is 1.46 bits per heavy atom. The molecule has 0 aliphatic carbocycles. The zero-order chi connectivity index (χ0) is 9.90. The lowest BCUT2D eigenvalue weighted by molar-refractivity contribution is -0.133. The molecule has 13 heavy (non-hydrogen) atoms. The fourth-order valence-electron chi connectivity index (χ4n) is 1.70. The van der Waals surface area contributed by atoms with Crippen LogP contribution in [0.2, 0.25) is 0 Å². The van der Waals surface area contributed by atoms with Gasteiger partial charge in [0.2, 0.25) is 5.91 Å². The summed E-state index contributed by atoms with van der Waals surface area (Å²) >= 11 is 0. The Bertz CT molecular complexity index is 185. The lowest BCUT2D eigenvalue weighted by atomic mass is 9.88. The van der Waals surface area contributed by atoms with Crippen molar-refractivity contribution in [2.24, 2.45) is 0 Å². The molecular formula is C9H17NO3. The third kappa shape index (κ3) is 2.67. The number of carbonyl (C=O) groups excluding carboxylic acids is 1. The highest BCUT2D eigenvalue weighted by Gasteiger charge is 2.32. The summed E-state index contributed by atoms with van der Waals surface area (Å²) in [6.07, 6.45) is 1.57. The van der Waals surface area contributed by atoms with Crippen LogP contribution in [-0.4, -0.2) is 46.3 Å². The van der Waals surface area contributed by atoms with Crippen LogP contribution in [0.3, 0.4) is 0 Å². The van der Waals surface area contributed by atoms with E-state index < -0.39 is 5.60 Å². The number of aliphatic hydroxyl groups excluding tert-OH is 1. The quantitative estimate of drug-likeness (QED) is 0.626. The lowest BCUT2D eigenvalue weighted by Crippen LogP contribution is -2.46. The Kier molecular flexibility index (Phi) is 3.27. The highest BCUT2D eigenvalue weighted by molar-refractivity contribution is 5.73. The van der Waals surface area contributed by atoms with Crippen LogP contribution in [0.25, 0.3) is 0 Å². The van der Waals surface area contributed by atoms with Crippen LogP contribution in [0.1, 0.15) is 26.2 Å². The first-order valence-corrected chi connectivity index (χ1v) is 4.66. The summed E-state index contributed by atoms with van der Waals surface area (Å²) in [6, 6.07) is 0. The van der Waals surface area contributed by atoms with Gasteiger partial charge in [-0.3, -0.25) is 4.79 Å². The number of hydrogen-bond acceptors (Lipinski definition) is 3. The average molecular weight is 187 g/mol. The molecule has 0 unspecified atom stereocenters. The maximum atomic E-state index is 11.0. The van der Waals surface area contributed by atoms with Crippen LogP contribution in [0, 0.1) is 0 Å². The number of aliphatic hydroxyl groups is 2. The van der Waals surface area contributed by atoms with Gasteiger partial charge >= 0.3 is 0 Å². The second-order valence-corrected chi connectivity index (χ2v) is 3.70. The largest absolute Gasteiger partial charge is 0.396 e. The van der Waals surface area contributed by atoms with E-state index in [-0.39, 0.29) is 12.5 Å². The van der Waals surface area contributed by atoms with Gasteiger partial charge in [0, 0.05) is 26.6 Å². The van der Waals surface area contributed by atoms with Crippen molar-refractivity contribution < 1.29 is 15.0 Å². The number of carbonyl (C=O) groups is 1. The summed E-state index contributed by atoms with van der Waals surface area (Å²) in [5, 5.41) is 18.6. The zero-order valence-corrected chi connectivity index (χ0v) is 7.99. The monoisotopic (exact) mass is 187 g/mol. The number of likely N-dealkylation sites (tertiary alicyclic amines) is 1. The molecule has 1 rings (SSSR count). The van der Waals surface area contributed by atoms with E-state index in [0.717, 1.165) is 0 Å². The number of piperidine rings is 1. The third-order valence-electron chi connectivity index (χ3n) is 2.72. The van der Waals surface area contributed by atoms with E-state index in [1.165, 1.54) is 6.92 Å². The highest BCUT2D eigenvalue weighted by atomic mass is 16.3. The van der Waals surface area contributed by atoms with Gasteiger partial charge in [-0.2, -0.15) is 0 Å². The molecular weight excluding hydrogens is 170 g/mol. The van der Waals surface area contributed by atoms with Gasteiger partial charge in [-0.15, -0.1) is 0 Å². The molecule has 4 heteroatoms. The van der Waals surface area contributed by atoms with Gasteiger partial charge in [-0.05, 0) is 19.3 Å². The Balaban J connectivity index is 2.41. The van der Waals surface area contributed by atoms with E-state index >= 15 is 0 Å². The first-order valence-electron chi connectivity index (χ1n) is 4.66. The number of amides is 1. The molecule has 4 nitrogen and oxygen atoms in total. The summed E-state index contributed by atoms with van der Waals surface area (Å²) in [5.41, 5.74) is -0.749. The van der Waals surface area contributed by atoms with Crippen LogP contribution in [0.15, 0.2) is 0 Å². The van der Waals surface area contributed by atoms with E-state index in [0.29, 0.717) is 32.4 Å². The average Bonchev–Trinajstić information content (AvgIpc) is 2.05. The molecule has 0 aromatic heterocycles. The minimum Gasteiger partial charge on any atom is -0.396 e. The molecule has 0 radical (unpaired) electrons. The standard InChI is InChI=1S/C9H17NO3/c1-8(12)10-5-2-9(13,3-6-10)4-7-11/h11,13H,2-7H2,1H3. The van der Waals surface area contributed by atoms with E-state index in [4.69, 9.17) is 5.11 Å². The molecule has 1 amide bonds. The molecule has 0 aromatic carbocycles. The summed E-state index contributed by atoms with van der Waals surface area (Å²) < 4.78 is 0. The van der Waals surface area contributed by atoms with Crippen molar-refractivity contribution in [1.29, 1.82) is 0 Å². The van der Waals surface area contributed by atoms with E-state index in [9.17, 15) is 9.90 Å². The molecule has 76 valence electrons. The molecule has 1 fully saturated rings. The van der Waals surface area contributed by atoms with Crippen molar-refractivity contribution in [3.63, 3.8) is 0 Å². The predicted molar refractivity (Wildman–Crippen MR) is 48.1 cm³/mol. The van der Waals surface area contributed by atoms with Gasteiger partial charge in [0.25, 0.3) is 0 Å². The maximum absolute atomic E-state index is 11.0. The minimum absolute atomic E-state index is 0.0105. The van der Waals surface area contributed by atoms with Crippen molar-refractivity contribution in [2.75, 3.05) is 19.7 Å². The first-order chi connectivity index (χ1) is 6.07. The SMILES string of the molecule is CC(=O)N1CCC(O)(CCO)CC1. The van der Waals surface area contributed by atoms with Crippen LogP contribution in [0.5, 0.6) is 0 Å². The van der Waals surface area contributed by atoms with Crippen molar-refractivity contribution in [2.45, 2.75) is 31.8 Å². The molecule has 1 aliphatic rings. The van der Waals surface area contributed by atoms with Gasteiger partial charge in [0.05, 0.1) is 5.60 Å². The second kappa shape index (κ2) is 4.07. The normalized spacial score (nSPS) is 21.6. The van der Waals surface area contributed by atoms with Gasteiger partial charge in [0.15, 0.2) is 0 Å². The van der Waals surface area contributed by atoms with Crippen LogP contribution in [0.4, 0.5) is 0 Å². The van der Waals surface area contributed by atoms with E-state index in [1.54, 1.807) is 4.90 Å². The van der Waals surface area contributed by atoms with E-state index in [2.05, 4.69) is 0 Å². The van der Waals surface area contributed by atoms with Crippen molar-refractivity contribution >= 4 is 5.91 Å². The maximum Gasteiger partial charge on any atom is 0.219 e. The summed E-state index contributed by atoms with van der Waals surface area (Å²) in [6.45, 7) is 2.75. The van der Waals surface area contributed by atoms with Gasteiger partial charge in [-0.25, -0.2) is 0 Å². The van der Waals surface area contributed by atoms with Crippen LogP contribution < -0.4 is 0 Å². The van der Waals surface area contributed by atoms with Crippen molar-refractivity contribution in [3.05, 3.63) is 0 Å². The number of hydrogen-bond donors (Lipinski definition) is 2. The van der Waals surface area contributed by atoms with Crippen LogP contribution >= 0.6 is 0 Å². The molecule has 2 N–H and O–H groups in total. The Labute approximate surface area is 78.2 Å². The van der Waals surface area contributed by atoms with Gasteiger partial charge in [0.1, 0.15) is 0 Å². The topological polar surface area (TPSA) is 60.8 Å². The molecule has 0 saturated carbocycles. The first kappa shape index (κ1) is 10.5. The van der Waals surface area contributed by atoms with Crippen molar-refractivity contribution in [1.82, 2.24) is 4.90 Å². The molecule has 1 saturated heterocycles. The molecule has 1 aliphatic heterocycles. The lowest BCUT2D eigenvalue weighted by Gasteiger charge is -2.37. The predicted octanol–water partition coefficient (Wildman–Crippen LogP) is -0.258. The molecule has 0 bridgehead atoms. The summed E-state index contributed by atoms with van der Waals surface area (Å²) in [4.78, 5) is 12.7. The summed E-state index contributed by atoms with van der Waals surface area (Å²) in [5.74, 6) is 0.0612. The Morgan fingerprint density at radius 2 is 2.00 bits per heavy atom. The summed E-state index contributed by atoms with van der Waals surface area (Å²) in [7, 11) is 0. The number of nitrogens with zero attached hydrogens (tertiary/aromatic N) is 1. The van der Waals surface area contributed by atoms with Crippen molar-refractivity contribution in [3.8, 4) is 0 Å². The van der Waals surface area contributed by atoms with Gasteiger partial charge in [-0.1, -0.05) is 0 Å². The zero-order valence-electron chi connectivity index (χ0n) is 7.99. The number of rotatable bonds is 2. The van der Waals surface area contributed by atoms with E-state index in [1.807, 2.05) is 0 Å². The fraction of sp³-hybridized carbons (Fsp3) is 0.889. The molecule has 0 atom stereocenters. The minimum atomic E-state index is -0.749. The highest BCUT2D eigenvalue weighted by Crippen LogP contribution is 2.24.